The number of benzene rings is 1. The lowest BCUT2D eigenvalue weighted by Crippen LogP contribution is -2.48. The first-order valence-electron chi connectivity index (χ1n) is 11.5. The number of rotatable bonds is 8. The minimum Gasteiger partial charge on any atom is -0.444 e. The van der Waals surface area contributed by atoms with E-state index >= 15 is 0 Å². The van der Waals surface area contributed by atoms with Crippen LogP contribution in [0.4, 0.5) is 4.79 Å². The quantitative estimate of drug-likeness (QED) is 0.581. The van der Waals surface area contributed by atoms with Gasteiger partial charge in [-0.25, -0.2) is 4.79 Å². The third-order valence-electron chi connectivity index (χ3n) is 5.89. The molecule has 1 aromatic rings. The minimum atomic E-state index is -1.06. The number of hydrogen-bond donors (Lipinski definition) is 1. The Morgan fingerprint density at radius 3 is 2.35 bits per heavy atom. The van der Waals surface area contributed by atoms with E-state index in [-0.39, 0.29) is 24.9 Å². The number of ether oxygens (including phenoxy) is 1. The van der Waals surface area contributed by atoms with Crippen molar-refractivity contribution < 1.29 is 28.7 Å². The summed E-state index contributed by atoms with van der Waals surface area (Å²) in [6.07, 6.45) is 2.34. The predicted molar refractivity (Wildman–Crippen MR) is 126 cm³/mol. The number of aldehydes is 1. The zero-order valence-electron chi connectivity index (χ0n) is 20.6. The second-order valence-corrected chi connectivity index (χ2v) is 9.51. The third kappa shape index (κ3) is 6.88. The average molecular weight is 474 g/mol. The third-order valence-corrected chi connectivity index (χ3v) is 5.89. The Balaban J connectivity index is 2.13. The van der Waals surface area contributed by atoms with Crippen LogP contribution in [-0.4, -0.2) is 72.2 Å². The van der Waals surface area contributed by atoms with E-state index in [1.165, 1.54) is 7.05 Å². The molecule has 1 aliphatic rings. The topological polar surface area (TPSA) is 113 Å². The van der Waals surface area contributed by atoms with Crippen molar-refractivity contribution in [2.75, 3.05) is 20.1 Å². The van der Waals surface area contributed by atoms with Crippen molar-refractivity contribution in [2.24, 2.45) is 0 Å². The summed E-state index contributed by atoms with van der Waals surface area (Å²) in [6.45, 7) is 8.48. The van der Waals surface area contributed by atoms with Gasteiger partial charge in [-0.15, -0.1) is 0 Å². The van der Waals surface area contributed by atoms with Crippen molar-refractivity contribution in [3.63, 3.8) is 0 Å². The summed E-state index contributed by atoms with van der Waals surface area (Å²) in [5, 5.41) is 2.44. The molecule has 0 aliphatic carbocycles. The zero-order valence-corrected chi connectivity index (χ0v) is 20.6. The van der Waals surface area contributed by atoms with Crippen LogP contribution in [-0.2, 0) is 19.1 Å². The van der Waals surface area contributed by atoms with Crippen LogP contribution in [0.25, 0.3) is 0 Å². The van der Waals surface area contributed by atoms with Crippen LogP contribution in [0, 0.1) is 6.92 Å². The molecule has 9 heteroatoms. The summed E-state index contributed by atoms with van der Waals surface area (Å²) < 4.78 is 5.45. The standard InChI is InChI=1S/C25H35N3O6/c1-17-15-19(18-10-12-27(13-11-18)24(33)34-25(2,3)4)8-9-20(17)23(32)28(16-30)21(7-6-14-29)22(31)26-5/h8-9,14-16,18,21H,6-7,10-13H2,1-5H3,(H,26,31). The molecule has 1 unspecified atom stereocenters. The molecule has 0 spiro atoms. The number of nitrogens with zero attached hydrogens (tertiary/aromatic N) is 2. The van der Waals surface area contributed by atoms with Crippen molar-refractivity contribution in [1.82, 2.24) is 15.1 Å². The predicted octanol–water partition coefficient (Wildman–Crippen LogP) is 2.80. The molecule has 34 heavy (non-hydrogen) atoms. The van der Waals surface area contributed by atoms with Gasteiger partial charge in [0.1, 0.15) is 17.9 Å². The summed E-state index contributed by atoms with van der Waals surface area (Å²) >= 11 is 0. The van der Waals surface area contributed by atoms with Gasteiger partial charge >= 0.3 is 6.09 Å². The minimum absolute atomic E-state index is 0.0512. The molecule has 186 valence electrons. The van der Waals surface area contributed by atoms with Crippen LogP contribution in [0.2, 0.25) is 0 Å². The van der Waals surface area contributed by atoms with E-state index in [1.54, 1.807) is 17.9 Å². The lowest BCUT2D eigenvalue weighted by Gasteiger charge is -2.33. The lowest BCUT2D eigenvalue weighted by atomic mass is 9.87. The van der Waals surface area contributed by atoms with Gasteiger partial charge in [-0.3, -0.25) is 19.3 Å². The number of hydrogen-bond acceptors (Lipinski definition) is 6. The van der Waals surface area contributed by atoms with Gasteiger partial charge in [0.05, 0.1) is 0 Å². The van der Waals surface area contributed by atoms with E-state index in [0.717, 1.165) is 23.3 Å². The maximum absolute atomic E-state index is 13.1. The Bertz CT molecular complexity index is 916. The number of amides is 4. The molecule has 2 rings (SSSR count). The SMILES string of the molecule is CNC(=O)C(CCC=O)N(C=O)C(=O)c1ccc(C2CCN(C(=O)OC(C)(C)C)CC2)cc1C. The Morgan fingerprint density at radius 2 is 1.85 bits per heavy atom. The molecule has 0 bridgehead atoms. The molecular formula is C25H35N3O6. The molecular weight excluding hydrogens is 438 g/mol. The monoisotopic (exact) mass is 473 g/mol. The van der Waals surface area contributed by atoms with Crippen molar-refractivity contribution in [1.29, 1.82) is 0 Å². The maximum atomic E-state index is 13.1. The zero-order chi connectivity index (χ0) is 25.5. The van der Waals surface area contributed by atoms with Crippen LogP contribution in [0.5, 0.6) is 0 Å². The largest absolute Gasteiger partial charge is 0.444 e. The second kappa shape index (κ2) is 11.8. The smallest absolute Gasteiger partial charge is 0.410 e. The molecule has 1 N–H and O–H groups in total. The van der Waals surface area contributed by atoms with E-state index in [4.69, 9.17) is 4.74 Å². The summed E-state index contributed by atoms with van der Waals surface area (Å²) in [5.74, 6) is -0.860. The Morgan fingerprint density at radius 1 is 1.21 bits per heavy atom. The average Bonchev–Trinajstić information content (AvgIpc) is 2.79. The number of likely N-dealkylation sites (N-methyl/N-ethyl adjacent to an activating group) is 1. The fourth-order valence-corrected chi connectivity index (χ4v) is 4.09. The second-order valence-electron chi connectivity index (χ2n) is 9.51. The molecule has 1 aromatic carbocycles. The fraction of sp³-hybridized carbons (Fsp3) is 0.560. The van der Waals surface area contributed by atoms with Crippen molar-refractivity contribution in [3.8, 4) is 0 Å². The summed E-state index contributed by atoms with van der Waals surface area (Å²) in [5.41, 5.74) is 1.53. The normalized spacial score (nSPS) is 15.3. The molecule has 0 aromatic heterocycles. The molecule has 4 amide bonds. The molecule has 9 nitrogen and oxygen atoms in total. The van der Waals surface area contributed by atoms with Crippen LogP contribution >= 0.6 is 0 Å². The first-order valence-corrected chi connectivity index (χ1v) is 11.5. The number of carbonyl (C=O) groups is 5. The Hall–Kier alpha value is -3.23. The number of likely N-dealkylation sites (tertiary alicyclic amines) is 1. The van der Waals surface area contributed by atoms with E-state index in [0.29, 0.717) is 36.9 Å². The van der Waals surface area contributed by atoms with Gasteiger partial charge in [0.15, 0.2) is 0 Å². The van der Waals surface area contributed by atoms with Gasteiger partial charge < -0.3 is 19.7 Å². The summed E-state index contributed by atoms with van der Waals surface area (Å²) in [7, 11) is 1.41. The lowest BCUT2D eigenvalue weighted by molar-refractivity contribution is -0.131. The molecule has 1 saturated heterocycles. The van der Waals surface area contributed by atoms with Gasteiger partial charge in [-0.1, -0.05) is 12.1 Å². The number of nitrogens with one attached hydrogen (secondary N) is 1. The van der Waals surface area contributed by atoms with Crippen LogP contribution < -0.4 is 5.32 Å². The first-order chi connectivity index (χ1) is 16.0. The molecule has 1 atom stereocenters. The van der Waals surface area contributed by atoms with Gasteiger partial charge in [-0.2, -0.15) is 0 Å². The van der Waals surface area contributed by atoms with E-state index < -0.39 is 23.5 Å². The van der Waals surface area contributed by atoms with Crippen molar-refractivity contribution >= 4 is 30.6 Å². The number of carbonyl (C=O) groups excluding carboxylic acids is 5. The van der Waals surface area contributed by atoms with Crippen molar-refractivity contribution in [3.05, 3.63) is 34.9 Å². The van der Waals surface area contributed by atoms with Gasteiger partial charge in [0, 0.05) is 32.1 Å². The summed E-state index contributed by atoms with van der Waals surface area (Å²) in [4.78, 5) is 62.7. The van der Waals surface area contributed by atoms with Gasteiger partial charge in [0.25, 0.3) is 5.91 Å². The Labute approximate surface area is 200 Å². The highest BCUT2D eigenvalue weighted by Gasteiger charge is 2.31. The van der Waals surface area contributed by atoms with Crippen molar-refractivity contribution in [2.45, 2.75) is 70.9 Å². The molecule has 1 aliphatic heterocycles. The van der Waals surface area contributed by atoms with Gasteiger partial charge in [0.2, 0.25) is 12.3 Å². The van der Waals surface area contributed by atoms with E-state index in [9.17, 15) is 24.0 Å². The fourth-order valence-electron chi connectivity index (χ4n) is 4.09. The molecule has 1 heterocycles. The molecule has 1 fully saturated rings. The van der Waals surface area contributed by atoms with Crippen LogP contribution in [0.1, 0.15) is 73.9 Å². The summed E-state index contributed by atoms with van der Waals surface area (Å²) in [6, 6.07) is 4.39. The molecule has 0 saturated carbocycles. The van der Waals surface area contributed by atoms with Crippen LogP contribution in [0.15, 0.2) is 18.2 Å². The van der Waals surface area contributed by atoms with E-state index in [1.807, 2.05) is 32.9 Å². The highest BCUT2D eigenvalue weighted by Crippen LogP contribution is 2.30. The number of aryl methyl sites for hydroxylation is 1. The first kappa shape index (κ1) is 27.0. The number of imide groups is 1. The maximum Gasteiger partial charge on any atom is 0.410 e. The highest BCUT2D eigenvalue weighted by atomic mass is 16.6. The Kier molecular flexibility index (Phi) is 9.35. The van der Waals surface area contributed by atoms with Crippen LogP contribution in [0.3, 0.4) is 0 Å². The van der Waals surface area contributed by atoms with Gasteiger partial charge in [-0.05, 0) is 70.1 Å². The van der Waals surface area contributed by atoms with E-state index in [2.05, 4.69) is 5.32 Å². The molecule has 0 radical (unpaired) electrons. The number of piperidine rings is 1. The highest BCUT2D eigenvalue weighted by molar-refractivity contribution is 6.04.